The number of nitrogens with one attached hydrogen (secondary N) is 1. The molecule has 8 heteroatoms. The molecular formula is C21H17FN2O5. The van der Waals surface area contributed by atoms with Crippen LogP contribution in [0.3, 0.4) is 0 Å². The molecule has 0 unspecified atom stereocenters. The minimum absolute atomic E-state index is 0.0370. The number of ether oxygens (including phenoxy) is 2. The van der Waals surface area contributed by atoms with Gasteiger partial charge in [-0.2, -0.15) is 0 Å². The molecule has 0 radical (unpaired) electrons. The molecule has 0 aliphatic heterocycles. The van der Waals surface area contributed by atoms with Gasteiger partial charge in [0.05, 0.1) is 4.92 Å². The van der Waals surface area contributed by atoms with Crippen LogP contribution < -0.4 is 14.8 Å². The van der Waals surface area contributed by atoms with Gasteiger partial charge in [-0.1, -0.05) is 24.3 Å². The molecule has 0 spiro atoms. The lowest BCUT2D eigenvalue weighted by Gasteiger charge is -2.09. The third-order valence-electron chi connectivity index (χ3n) is 3.88. The highest BCUT2D eigenvalue weighted by atomic mass is 19.1. The van der Waals surface area contributed by atoms with Crippen molar-refractivity contribution in [2.24, 2.45) is 0 Å². The highest BCUT2D eigenvalue weighted by molar-refractivity contribution is 5.77. The van der Waals surface area contributed by atoms with Crippen LogP contribution in [0.4, 0.5) is 10.1 Å². The van der Waals surface area contributed by atoms with E-state index in [4.69, 9.17) is 9.47 Å². The molecule has 0 bridgehead atoms. The number of nitrogens with zero attached hydrogens (tertiary/aromatic N) is 1. The molecule has 148 valence electrons. The van der Waals surface area contributed by atoms with Gasteiger partial charge in [-0.05, 0) is 48.0 Å². The molecule has 0 aromatic heterocycles. The zero-order valence-corrected chi connectivity index (χ0v) is 15.2. The Labute approximate surface area is 165 Å². The van der Waals surface area contributed by atoms with E-state index in [1.165, 1.54) is 42.5 Å². The van der Waals surface area contributed by atoms with Crippen LogP contribution in [-0.4, -0.2) is 17.4 Å². The van der Waals surface area contributed by atoms with E-state index in [0.29, 0.717) is 11.5 Å². The van der Waals surface area contributed by atoms with Crippen molar-refractivity contribution >= 4 is 11.6 Å². The quantitative estimate of drug-likeness (QED) is 0.455. The second kappa shape index (κ2) is 9.32. The van der Waals surface area contributed by atoms with Crippen LogP contribution in [0.25, 0.3) is 0 Å². The van der Waals surface area contributed by atoms with Crippen molar-refractivity contribution < 1.29 is 23.6 Å². The molecule has 1 N–H and O–H groups in total. The molecule has 1 amide bonds. The van der Waals surface area contributed by atoms with Crippen LogP contribution in [0, 0.1) is 15.9 Å². The lowest BCUT2D eigenvalue weighted by Crippen LogP contribution is -2.28. The Balaban J connectivity index is 1.48. The van der Waals surface area contributed by atoms with Crippen molar-refractivity contribution in [3.63, 3.8) is 0 Å². The molecule has 0 saturated heterocycles. The number of rotatable bonds is 8. The number of amides is 1. The first-order valence-corrected chi connectivity index (χ1v) is 8.66. The molecule has 3 aromatic carbocycles. The number of hydrogen-bond donors (Lipinski definition) is 1. The van der Waals surface area contributed by atoms with Crippen molar-refractivity contribution in [3.05, 3.63) is 94.3 Å². The number of nitro benzene ring substituents is 1. The molecule has 3 aromatic rings. The summed E-state index contributed by atoms with van der Waals surface area (Å²) in [5.41, 5.74) is 0.632. The first kappa shape index (κ1) is 19.8. The van der Waals surface area contributed by atoms with Gasteiger partial charge in [0.1, 0.15) is 17.3 Å². The Kier molecular flexibility index (Phi) is 6.36. The van der Waals surface area contributed by atoms with Gasteiger partial charge in [0, 0.05) is 12.6 Å². The van der Waals surface area contributed by atoms with Crippen molar-refractivity contribution in [2.75, 3.05) is 6.61 Å². The summed E-state index contributed by atoms with van der Waals surface area (Å²) in [7, 11) is 0. The normalized spacial score (nSPS) is 10.2. The molecule has 0 aliphatic rings. The van der Waals surface area contributed by atoms with Gasteiger partial charge < -0.3 is 14.8 Å². The highest BCUT2D eigenvalue weighted by Gasteiger charge is 2.14. The summed E-state index contributed by atoms with van der Waals surface area (Å²) in [5.74, 6) is 0.380. The number of hydrogen-bond acceptors (Lipinski definition) is 5. The van der Waals surface area contributed by atoms with Crippen molar-refractivity contribution in [1.29, 1.82) is 0 Å². The smallest absolute Gasteiger partial charge is 0.310 e. The summed E-state index contributed by atoms with van der Waals surface area (Å²) >= 11 is 0. The third kappa shape index (κ3) is 5.77. The molecule has 29 heavy (non-hydrogen) atoms. The Morgan fingerprint density at radius 1 is 0.966 bits per heavy atom. The van der Waals surface area contributed by atoms with Crippen molar-refractivity contribution in [3.8, 4) is 17.2 Å². The number of para-hydroxylation sites is 2. The minimum Gasteiger partial charge on any atom is -0.477 e. The van der Waals surface area contributed by atoms with E-state index in [1.54, 1.807) is 30.3 Å². The summed E-state index contributed by atoms with van der Waals surface area (Å²) in [5, 5.41) is 13.6. The van der Waals surface area contributed by atoms with Gasteiger partial charge in [0.25, 0.3) is 5.91 Å². The van der Waals surface area contributed by atoms with Crippen LogP contribution in [-0.2, 0) is 11.3 Å². The molecular weight excluding hydrogens is 379 g/mol. The van der Waals surface area contributed by atoms with E-state index in [9.17, 15) is 19.3 Å². The van der Waals surface area contributed by atoms with E-state index >= 15 is 0 Å². The number of halogens is 1. The number of carbonyl (C=O) groups excluding carboxylic acids is 1. The Bertz CT molecular complexity index is 991. The first-order chi connectivity index (χ1) is 14.0. The predicted octanol–water partition coefficient (Wildman–Crippen LogP) is 4.22. The summed E-state index contributed by atoms with van der Waals surface area (Å²) in [4.78, 5) is 22.3. The number of carbonyl (C=O) groups is 1. The monoisotopic (exact) mass is 396 g/mol. The zero-order chi connectivity index (χ0) is 20.6. The lowest BCUT2D eigenvalue weighted by atomic mass is 10.2. The van der Waals surface area contributed by atoms with Crippen molar-refractivity contribution in [2.45, 2.75) is 6.54 Å². The maximum Gasteiger partial charge on any atom is 0.310 e. The lowest BCUT2D eigenvalue weighted by molar-refractivity contribution is -0.385. The Hall–Kier alpha value is -3.94. The molecule has 0 heterocycles. The van der Waals surface area contributed by atoms with Gasteiger partial charge in [-0.25, -0.2) is 4.39 Å². The summed E-state index contributed by atoms with van der Waals surface area (Å²) in [6, 6.07) is 18.6. The summed E-state index contributed by atoms with van der Waals surface area (Å²) in [6.07, 6.45) is 0. The Morgan fingerprint density at radius 2 is 1.59 bits per heavy atom. The van der Waals surface area contributed by atoms with Gasteiger partial charge in [-0.3, -0.25) is 14.9 Å². The molecule has 3 rings (SSSR count). The fourth-order valence-corrected chi connectivity index (χ4v) is 2.44. The van der Waals surface area contributed by atoms with Crippen LogP contribution in [0.5, 0.6) is 17.2 Å². The average molecular weight is 396 g/mol. The summed E-state index contributed by atoms with van der Waals surface area (Å²) in [6.45, 7) is -0.0769. The number of benzene rings is 3. The molecule has 0 fully saturated rings. The van der Waals surface area contributed by atoms with Gasteiger partial charge >= 0.3 is 5.69 Å². The zero-order valence-electron chi connectivity index (χ0n) is 15.2. The van der Waals surface area contributed by atoms with Gasteiger partial charge in [0.2, 0.25) is 0 Å². The minimum atomic E-state index is -0.567. The third-order valence-corrected chi connectivity index (χ3v) is 3.88. The van der Waals surface area contributed by atoms with E-state index < -0.39 is 10.8 Å². The van der Waals surface area contributed by atoms with Gasteiger partial charge in [0.15, 0.2) is 12.4 Å². The van der Waals surface area contributed by atoms with E-state index in [2.05, 4.69) is 5.32 Å². The summed E-state index contributed by atoms with van der Waals surface area (Å²) < 4.78 is 23.8. The van der Waals surface area contributed by atoms with Crippen LogP contribution in [0.1, 0.15) is 5.56 Å². The van der Waals surface area contributed by atoms with Crippen molar-refractivity contribution in [1.82, 2.24) is 5.32 Å². The SMILES string of the molecule is O=C(COc1ccccc1[N+](=O)[O-])NCc1ccc(Oc2ccc(F)cc2)cc1. The molecule has 0 atom stereocenters. The van der Waals surface area contributed by atoms with E-state index in [0.717, 1.165) is 5.56 Å². The largest absolute Gasteiger partial charge is 0.477 e. The Morgan fingerprint density at radius 3 is 2.24 bits per heavy atom. The molecule has 7 nitrogen and oxygen atoms in total. The van der Waals surface area contributed by atoms with Crippen LogP contribution >= 0.6 is 0 Å². The van der Waals surface area contributed by atoms with E-state index in [1.807, 2.05) is 0 Å². The topological polar surface area (TPSA) is 90.7 Å². The predicted molar refractivity (Wildman–Crippen MR) is 103 cm³/mol. The fourth-order valence-electron chi connectivity index (χ4n) is 2.44. The highest BCUT2D eigenvalue weighted by Crippen LogP contribution is 2.25. The van der Waals surface area contributed by atoms with E-state index in [-0.39, 0.29) is 30.4 Å². The van der Waals surface area contributed by atoms with Gasteiger partial charge in [-0.15, -0.1) is 0 Å². The van der Waals surface area contributed by atoms with Crippen LogP contribution in [0.15, 0.2) is 72.8 Å². The molecule has 0 saturated carbocycles. The maximum atomic E-state index is 12.9. The number of nitro groups is 1. The van der Waals surface area contributed by atoms with Crippen LogP contribution in [0.2, 0.25) is 0 Å². The second-order valence-electron chi connectivity index (χ2n) is 5.99. The average Bonchev–Trinajstić information content (AvgIpc) is 2.73. The molecule has 0 aliphatic carbocycles. The fraction of sp³-hybridized carbons (Fsp3) is 0.0952. The second-order valence-corrected chi connectivity index (χ2v) is 5.99. The maximum absolute atomic E-state index is 12.9. The first-order valence-electron chi connectivity index (χ1n) is 8.66. The standard InChI is InChI=1S/C21H17FN2O5/c22-16-7-11-18(12-8-16)29-17-9-5-15(6-10-17)13-23-21(25)14-28-20-4-2-1-3-19(20)24(26)27/h1-12H,13-14H2,(H,23,25).